The van der Waals surface area contributed by atoms with Crippen molar-refractivity contribution in [1.82, 2.24) is 9.13 Å². The zero-order chi connectivity index (χ0) is 39.8. The lowest BCUT2D eigenvalue weighted by molar-refractivity contribution is 0.669. The minimum atomic E-state index is -2.10. The molecule has 0 N–H and O–H groups in total. The molecule has 9 aromatic carbocycles. The van der Waals surface area contributed by atoms with E-state index in [1.807, 2.05) is 24.3 Å². The summed E-state index contributed by atoms with van der Waals surface area (Å²) < 4.78 is 11.2. The zero-order valence-electron chi connectivity index (χ0n) is 32.4. The molecule has 0 amide bonds. The van der Waals surface area contributed by atoms with Crippen LogP contribution in [0, 0.1) is 11.3 Å². The fourth-order valence-electron chi connectivity index (χ4n) is 9.48. The second-order valence-electron chi connectivity index (χ2n) is 15.2. The van der Waals surface area contributed by atoms with Gasteiger partial charge in [0.2, 0.25) is 0 Å². The van der Waals surface area contributed by atoms with Crippen LogP contribution < -0.4 is 0 Å². The van der Waals surface area contributed by atoms with Crippen LogP contribution in [-0.4, -0.2) is 9.13 Å². The van der Waals surface area contributed by atoms with Crippen LogP contribution in [0.25, 0.3) is 76.9 Å². The minimum Gasteiger partial charge on any atom is -0.456 e. The lowest BCUT2D eigenvalue weighted by Crippen LogP contribution is -2.07. The smallest absolute Gasteiger partial charge is 0.137 e. The second kappa shape index (κ2) is 13.4. The van der Waals surface area contributed by atoms with Crippen LogP contribution in [0.5, 0.6) is 0 Å². The van der Waals surface area contributed by atoms with Gasteiger partial charge < -0.3 is 13.6 Å². The highest BCUT2D eigenvalue weighted by Crippen LogP contribution is 2.73. The van der Waals surface area contributed by atoms with Crippen molar-refractivity contribution in [3.8, 4) is 17.4 Å². The Bertz CT molecular complexity index is 3640. The van der Waals surface area contributed by atoms with E-state index in [9.17, 15) is 5.26 Å². The molecule has 0 fully saturated rings. The first-order chi connectivity index (χ1) is 29.7. The van der Waals surface area contributed by atoms with Gasteiger partial charge in [0, 0.05) is 69.3 Å². The maximum atomic E-state index is 9.84. The Morgan fingerprint density at radius 2 is 0.850 bits per heavy atom. The van der Waals surface area contributed by atoms with E-state index in [0.717, 1.165) is 66.2 Å². The maximum Gasteiger partial charge on any atom is 0.137 e. The first-order valence-electron chi connectivity index (χ1n) is 20.1. The van der Waals surface area contributed by atoms with E-state index in [1.165, 1.54) is 30.4 Å². The number of para-hydroxylation sites is 3. The van der Waals surface area contributed by atoms with Crippen molar-refractivity contribution in [3.05, 3.63) is 218 Å². The lowest BCUT2D eigenvalue weighted by Gasteiger charge is -2.42. The summed E-state index contributed by atoms with van der Waals surface area (Å²) in [6.07, 6.45) is 0. The Kier molecular flexibility index (Phi) is 7.65. The molecule has 0 aliphatic carbocycles. The largest absolute Gasteiger partial charge is 0.456 e. The third kappa shape index (κ3) is 4.99. The van der Waals surface area contributed by atoms with Gasteiger partial charge >= 0.3 is 0 Å². The highest BCUT2D eigenvalue weighted by Gasteiger charge is 2.34. The number of nitriles is 1. The number of fused-ring (bicyclic) bond motifs is 9. The van der Waals surface area contributed by atoms with Crippen molar-refractivity contribution in [2.45, 2.75) is 19.6 Å². The molecule has 0 atom stereocenters. The lowest BCUT2D eigenvalue weighted by atomic mass is 10.1. The van der Waals surface area contributed by atoms with Gasteiger partial charge in [-0.05, 0) is 103 Å². The molecule has 282 valence electrons. The summed E-state index contributed by atoms with van der Waals surface area (Å²) in [6, 6.07) is 78.8. The fraction of sp³-hybridized carbons (Fsp3) is 0. The summed E-state index contributed by atoms with van der Waals surface area (Å²) in [7, 11) is -2.10. The molecule has 12 rings (SSSR count). The molecule has 0 aliphatic rings. The standard InChI is InChI=1S/C55H35N3OS/c56-36-37-29-30-52-47(31-37)44-23-7-10-26-50(44)57(52)38-15-13-21-42(32-38)60(40-17-3-1-4-18-40,41-19-5-2-6-20-41)43-22-14-16-39(33-43)58-51-27-11-8-24-45(51)48-34-49-46-25-9-12-28-54(46)59-55(49)35-53(48)58/h1-35H. The van der Waals surface area contributed by atoms with Gasteiger partial charge in [-0.2, -0.15) is 5.26 Å². The number of hydrogen-bond donors (Lipinski definition) is 0. The Morgan fingerprint density at radius 1 is 0.350 bits per heavy atom. The number of hydrogen-bond acceptors (Lipinski definition) is 2. The molecule has 3 heterocycles. The summed E-state index contributed by atoms with van der Waals surface area (Å²) in [4.78, 5) is 4.95. The van der Waals surface area contributed by atoms with Gasteiger partial charge in [-0.1, -0.05) is 103 Å². The van der Waals surface area contributed by atoms with Crippen LogP contribution in [0.1, 0.15) is 5.56 Å². The maximum absolute atomic E-state index is 9.84. The molecule has 12 aromatic rings. The highest BCUT2D eigenvalue weighted by atomic mass is 32.3. The Morgan fingerprint density at radius 3 is 1.47 bits per heavy atom. The first kappa shape index (κ1) is 34.3. The predicted molar refractivity (Wildman–Crippen MR) is 247 cm³/mol. The molecule has 0 saturated heterocycles. The average Bonchev–Trinajstić information content (AvgIpc) is 3.96. The second-order valence-corrected chi connectivity index (χ2v) is 18.4. The number of benzene rings is 9. The Balaban J connectivity index is 1.14. The summed E-state index contributed by atoms with van der Waals surface area (Å²) in [5, 5.41) is 16.7. The molecule has 0 bridgehead atoms. The quantitative estimate of drug-likeness (QED) is 0.169. The monoisotopic (exact) mass is 785 g/mol. The average molecular weight is 786 g/mol. The van der Waals surface area contributed by atoms with Crippen LogP contribution in [-0.2, 0) is 0 Å². The third-order valence-corrected chi connectivity index (χ3v) is 15.9. The Hall–Kier alpha value is -7.78. The molecule has 5 heteroatoms. The van der Waals surface area contributed by atoms with Gasteiger partial charge in [0.05, 0.1) is 33.7 Å². The topological polar surface area (TPSA) is 46.8 Å². The summed E-state index contributed by atoms with van der Waals surface area (Å²) in [6.45, 7) is 0. The van der Waals surface area contributed by atoms with Crippen LogP contribution in [0.2, 0.25) is 0 Å². The number of furan rings is 1. The van der Waals surface area contributed by atoms with E-state index >= 15 is 0 Å². The normalized spacial score (nSPS) is 12.2. The number of rotatable bonds is 6. The van der Waals surface area contributed by atoms with Crippen molar-refractivity contribution in [2.24, 2.45) is 0 Å². The van der Waals surface area contributed by atoms with Crippen LogP contribution in [0.3, 0.4) is 0 Å². The summed E-state index contributed by atoms with van der Waals surface area (Å²) in [5.41, 5.74) is 9.01. The van der Waals surface area contributed by atoms with Crippen molar-refractivity contribution in [1.29, 1.82) is 5.26 Å². The zero-order valence-corrected chi connectivity index (χ0v) is 33.2. The van der Waals surface area contributed by atoms with Crippen molar-refractivity contribution in [2.75, 3.05) is 0 Å². The van der Waals surface area contributed by atoms with Crippen LogP contribution in [0.4, 0.5) is 0 Å². The van der Waals surface area contributed by atoms with Crippen LogP contribution in [0.15, 0.2) is 236 Å². The van der Waals surface area contributed by atoms with Gasteiger partial charge in [0.25, 0.3) is 0 Å². The molecule has 4 nitrogen and oxygen atoms in total. The fourth-order valence-corrected chi connectivity index (χ4v) is 13.4. The first-order valence-corrected chi connectivity index (χ1v) is 21.8. The van der Waals surface area contributed by atoms with E-state index in [0.29, 0.717) is 5.56 Å². The molecule has 60 heavy (non-hydrogen) atoms. The minimum absolute atomic E-state index is 0.654. The molecule has 0 spiro atoms. The van der Waals surface area contributed by atoms with E-state index in [-0.39, 0.29) is 0 Å². The molecular formula is C55H35N3OS. The highest BCUT2D eigenvalue weighted by molar-refractivity contribution is 8.34. The molecule has 0 unspecified atom stereocenters. The van der Waals surface area contributed by atoms with Gasteiger partial charge in [-0.3, -0.25) is 0 Å². The summed E-state index contributed by atoms with van der Waals surface area (Å²) >= 11 is 0. The van der Waals surface area contributed by atoms with Gasteiger partial charge in [0.15, 0.2) is 0 Å². The van der Waals surface area contributed by atoms with Gasteiger partial charge in [-0.25, -0.2) is 0 Å². The molecule has 0 aliphatic heterocycles. The number of nitrogens with zero attached hydrogens (tertiary/aromatic N) is 3. The van der Waals surface area contributed by atoms with Gasteiger partial charge in [0.1, 0.15) is 11.2 Å². The third-order valence-electron chi connectivity index (χ3n) is 12.0. The van der Waals surface area contributed by atoms with Crippen molar-refractivity contribution < 1.29 is 4.42 Å². The molecule has 3 aromatic heterocycles. The molecule has 0 saturated carbocycles. The Labute approximate surface area is 347 Å². The molecular weight excluding hydrogens is 751 g/mol. The van der Waals surface area contributed by atoms with Gasteiger partial charge in [-0.15, -0.1) is 10.0 Å². The van der Waals surface area contributed by atoms with Crippen molar-refractivity contribution in [3.63, 3.8) is 0 Å². The van der Waals surface area contributed by atoms with Crippen molar-refractivity contribution >= 4 is 75.6 Å². The SMILES string of the molecule is N#Cc1ccc2c(c1)c1ccccc1n2-c1cccc(S(c2ccccc2)(c2ccccc2)c2cccc(-n3c4ccccc4c4cc5c(cc43)oc3ccccc35)c2)c1. The van der Waals surface area contributed by atoms with Crippen LogP contribution >= 0.6 is 10.0 Å². The number of aromatic nitrogens is 2. The molecule has 0 radical (unpaired) electrons. The van der Waals surface area contributed by atoms with E-state index in [4.69, 9.17) is 4.42 Å². The van der Waals surface area contributed by atoms with E-state index in [2.05, 4.69) is 203 Å². The predicted octanol–water partition coefficient (Wildman–Crippen LogP) is 15.0. The summed E-state index contributed by atoms with van der Waals surface area (Å²) in [5.74, 6) is 0. The van der Waals surface area contributed by atoms with E-state index in [1.54, 1.807) is 0 Å². The van der Waals surface area contributed by atoms with E-state index < -0.39 is 10.0 Å².